The van der Waals surface area contributed by atoms with Crippen LogP contribution >= 0.6 is 0 Å². The number of carbonyl (C=O) groups is 2. The minimum atomic E-state index is -0.936. The maximum atomic E-state index is 12.3. The molecule has 0 saturated heterocycles. The third-order valence-corrected chi connectivity index (χ3v) is 5.21. The summed E-state index contributed by atoms with van der Waals surface area (Å²) in [5.41, 5.74) is 3.78. The molecule has 1 heterocycles. The van der Waals surface area contributed by atoms with Gasteiger partial charge in [-0.25, -0.2) is 4.79 Å². The molecule has 0 fully saturated rings. The van der Waals surface area contributed by atoms with Crippen LogP contribution in [0.3, 0.4) is 0 Å². The van der Waals surface area contributed by atoms with Crippen molar-refractivity contribution in [1.29, 1.82) is 0 Å². The summed E-state index contributed by atoms with van der Waals surface area (Å²) < 4.78 is 0. The quantitative estimate of drug-likeness (QED) is 0.838. The van der Waals surface area contributed by atoms with Gasteiger partial charge >= 0.3 is 6.09 Å². The average Bonchev–Trinajstić information content (AvgIpc) is 2.61. The van der Waals surface area contributed by atoms with E-state index in [9.17, 15) is 14.7 Å². The van der Waals surface area contributed by atoms with Gasteiger partial charge in [-0.2, -0.15) is 0 Å². The topological polar surface area (TPSA) is 60.9 Å². The van der Waals surface area contributed by atoms with Crippen LogP contribution in [0.1, 0.15) is 45.7 Å². The molecule has 1 aliphatic rings. The number of anilines is 1. The van der Waals surface area contributed by atoms with Crippen molar-refractivity contribution in [3.8, 4) is 11.1 Å². The zero-order chi connectivity index (χ0) is 19.7. The van der Waals surface area contributed by atoms with Crippen LogP contribution in [0.2, 0.25) is 0 Å². The first kappa shape index (κ1) is 19.0. The molecule has 0 bridgehead atoms. The van der Waals surface area contributed by atoms with Crippen molar-refractivity contribution in [2.24, 2.45) is 0 Å². The van der Waals surface area contributed by atoms with E-state index in [4.69, 9.17) is 0 Å². The standard InChI is InChI=1S/C22H26N2O3/c1-14(2)23(22(26)27)21-12-15(3)24(16(4)25)20-11-10-18(13-19(20)21)17-8-6-5-7-9-17/h5-11,13-15,21H,12H2,1-4H3,(H,26,27)/t15-,21+/m0/s1. The molecule has 2 aromatic rings. The first-order valence-corrected chi connectivity index (χ1v) is 9.31. The minimum Gasteiger partial charge on any atom is -0.465 e. The predicted molar refractivity (Wildman–Crippen MR) is 107 cm³/mol. The monoisotopic (exact) mass is 366 g/mol. The van der Waals surface area contributed by atoms with Crippen LogP contribution in [0.5, 0.6) is 0 Å². The highest BCUT2D eigenvalue weighted by Crippen LogP contribution is 2.43. The highest BCUT2D eigenvalue weighted by Gasteiger charge is 2.38. The molecule has 2 aromatic carbocycles. The number of hydrogen-bond acceptors (Lipinski definition) is 2. The zero-order valence-corrected chi connectivity index (χ0v) is 16.2. The lowest BCUT2D eigenvalue weighted by atomic mass is 9.87. The third-order valence-electron chi connectivity index (χ3n) is 5.21. The number of amides is 2. The normalized spacial score (nSPS) is 18.9. The molecule has 5 heteroatoms. The molecule has 0 radical (unpaired) electrons. The van der Waals surface area contributed by atoms with Gasteiger partial charge in [0.2, 0.25) is 5.91 Å². The van der Waals surface area contributed by atoms with E-state index >= 15 is 0 Å². The fraction of sp³-hybridized carbons (Fsp3) is 0.364. The molecular weight excluding hydrogens is 340 g/mol. The maximum absolute atomic E-state index is 12.3. The van der Waals surface area contributed by atoms with Gasteiger partial charge in [-0.15, -0.1) is 0 Å². The van der Waals surface area contributed by atoms with Crippen LogP contribution in [0.4, 0.5) is 10.5 Å². The molecular formula is C22H26N2O3. The smallest absolute Gasteiger partial charge is 0.408 e. The van der Waals surface area contributed by atoms with Gasteiger partial charge in [-0.1, -0.05) is 36.4 Å². The molecule has 2 atom stereocenters. The van der Waals surface area contributed by atoms with Gasteiger partial charge in [-0.3, -0.25) is 9.69 Å². The molecule has 5 nitrogen and oxygen atoms in total. The second kappa shape index (κ2) is 7.43. The maximum Gasteiger partial charge on any atom is 0.408 e. The van der Waals surface area contributed by atoms with E-state index in [-0.39, 0.29) is 24.0 Å². The molecule has 0 aromatic heterocycles. The molecule has 0 saturated carbocycles. The van der Waals surface area contributed by atoms with Crippen molar-refractivity contribution in [2.45, 2.75) is 52.2 Å². The van der Waals surface area contributed by atoms with E-state index in [0.29, 0.717) is 6.42 Å². The highest BCUT2D eigenvalue weighted by atomic mass is 16.4. The van der Waals surface area contributed by atoms with Crippen LogP contribution in [0.25, 0.3) is 11.1 Å². The number of nitrogens with zero attached hydrogens (tertiary/aromatic N) is 2. The Hall–Kier alpha value is -2.82. The van der Waals surface area contributed by atoms with Gasteiger partial charge in [-0.05, 0) is 56.0 Å². The Morgan fingerprint density at radius 1 is 1.11 bits per heavy atom. The number of carboxylic acid groups (broad SMARTS) is 1. The van der Waals surface area contributed by atoms with Gasteiger partial charge in [0.05, 0.1) is 6.04 Å². The Morgan fingerprint density at radius 3 is 2.33 bits per heavy atom. The molecule has 3 rings (SSSR count). The summed E-state index contributed by atoms with van der Waals surface area (Å²) in [4.78, 5) is 27.5. The summed E-state index contributed by atoms with van der Waals surface area (Å²) >= 11 is 0. The first-order chi connectivity index (χ1) is 12.8. The van der Waals surface area contributed by atoms with Crippen molar-refractivity contribution in [3.63, 3.8) is 0 Å². The molecule has 0 unspecified atom stereocenters. The lowest BCUT2D eigenvalue weighted by Crippen LogP contribution is -2.48. The van der Waals surface area contributed by atoms with Crippen molar-refractivity contribution >= 4 is 17.7 Å². The Kier molecular flexibility index (Phi) is 5.22. The summed E-state index contributed by atoms with van der Waals surface area (Å²) in [7, 11) is 0. The number of benzene rings is 2. The average molecular weight is 366 g/mol. The van der Waals surface area contributed by atoms with Crippen LogP contribution < -0.4 is 4.90 Å². The van der Waals surface area contributed by atoms with E-state index in [0.717, 1.165) is 22.4 Å². The van der Waals surface area contributed by atoms with Gasteiger partial charge in [0.15, 0.2) is 0 Å². The van der Waals surface area contributed by atoms with Crippen molar-refractivity contribution in [3.05, 3.63) is 54.1 Å². The molecule has 27 heavy (non-hydrogen) atoms. The van der Waals surface area contributed by atoms with Gasteiger partial charge in [0.25, 0.3) is 0 Å². The zero-order valence-electron chi connectivity index (χ0n) is 16.2. The summed E-state index contributed by atoms with van der Waals surface area (Å²) in [5.74, 6) is -0.0268. The fourth-order valence-corrected chi connectivity index (χ4v) is 4.10. The Morgan fingerprint density at radius 2 is 1.78 bits per heavy atom. The summed E-state index contributed by atoms with van der Waals surface area (Å²) in [5, 5.41) is 9.81. The van der Waals surface area contributed by atoms with E-state index in [1.54, 1.807) is 11.8 Å². The Balaban J connectivity index is 2.18. The SMILES string of the molecule is CC(=O)N1c2ccc(-c3ccccc3)cc2[C@H](N(C(=O)O)C(C)C)C[C@@H]1C. The Bertz CT molecular complexity index is 848. The molecule has 1 aliphatic heterocycles. The number of rotatable bonds is 3. The number of carbonyl (C=O) groups excluding carboxylic acids is 1. The van der Waals surface area contributed by atoms with Crippen LogP contribution in [0, 0.1) is 0 Å². The molecule has 1 N–H and O–H groups in total. The van der Waals surface area contributed by atoms with E-state index in [2.05, 4.69) is 0 Å². The van der Waals surface area contributed by atoms with Crippen molar-refractivity contribution in [1.82, 2.24) is 4.90 Å². The van der Waals surface area contributed by atoms with Crippen molar-refractivity contribution < 1.29 is 14.7 Å². The summed E-state index contributed by atoms with van der Waals surface area (Å²) in [6, 6.07) is 15.5. The molecule has 0 spiro atoms. The van der Waals surface area contributed by atoms with Gasteiger partial charge in [0, 0.05) is 24.7 Å². The van der Waals surface area contributed by atoms with Crippen LogP contribution in [-0.2, 0) is 4.79 Å². The van der Waals surface area contributed by atoms with Crippen LogP contribution in [0.15, 0.2) is 48.5 Å². The lowest BCUT2D eigenvalue weighted by Gasteiger charge is -2.43. The van der Waals surface area contributed by atoms with Gasteiger partial charge < -0.3 is 10.0 Å². The van der Waals surface area contributed by atoms with E-state index < -0.39 is 6.09 Å². The Labute approximate surface area is 160 Å². The van der Waals surface area contributed by atoms with Crippen LogP contribution in [-0.4, -0.2) is 34.1 Å². The lowest BCUT2D eigenvalue weighted by molar-refractivity contribution is -0.117. The predicted octanol–water partition coefficient (Wildman–Crippen LogP) is 4.93. The van der Waals surface area contributed by atoms with Crippen molar-refractivity contribution in [2.75, 3.05) is 4.90 Å². The summed E-state index contributed by atoms with van der Waals surface area (Å²) in [6.45, 7) is 7.31. The third kappa shape index (κ3) is 3.54. The summed E-state index contributed by atoms with van der Waals surface area (Å²) in [6.07, 6.45) is -0.357. The largest absolute Gasteiger partial charge is 0.465 e. The van der Waals surface area contributed by atoms with Gasteiger partial charge in [0.1, 0.15) is 0 Å². The molecule has 0 aliphatic carbocycles. The second-order valence-corrected chi connectivity index (χ2v) is 7.41. The second-order valence-electron chi connectivity index (χ2n) is 7.41. The number of fused-ring (bicyclic) bond motifs is 1. The first-order valence-electron chi connectivity index (χ1n) is 9.31. The number of hydrogen-bond donors (Lipinski definition) is 1. The highest BCUT2D eigenvalue weighted by molar-refractivity contribution is 5.94. The molecule has 2 amide bonds. The molecule has 142 valence electrons. The van der Waals surface area contributed by atoms with E-state index in [1.807, 2.05) is 69.3 Å². The minimum absolute atomic E-state index is 0.0268. The fourth-order valence-electron chi connectivity index (χ4n) is 4.10. The van der Waals surface area contributed by atoms with E-state index in [1.165, 1.54) is 4.90 Å².